The number of nitrogens with one attached hydrogen (secondary N) is 2. The topological polar surface area (TPSA) is 78.9 Å². The quantitative estimate of drug-likeness (QED) is 0.396. The van der Waals surface area contributed by atoms with E-state index >= 15 is 0 Å². The Kier molecular flexibility index (Phi) is 8.95. The lowest BCUT2D eigenvalue weighted by Crippen LogP contribution is -2.45. The Morgan fingerprint density at radius 3 is 2.92 bits per heavy atom. The summed E-state index contributed by atoms with van der Waals surface area (Å²) in [5.41, 5.74) is 1.06. The fourth-order valence-corrected chi connectivity index (χ4v) is 2.69. The van der Waals surface area contributed by atoms with E-state index in [-0.39, 0.29) is 41.8 Å². The molecule has 25 heavy (non-hydrogen) atoms. The van der Waals surface area contributed by atoms with Crippen molar-refractivity contribution in [3.8, 4) is 5.88 Å². The van der Waals surface area contributed by atoms with Gasteiger partial charge >= 0.3 is 0 Å². The van der Waals surface area contributed by atoms with Crippen molar-refractivity contribution < 1.29 is 9.53 Å². The number of aromatic nitrogens is 1. The molecule has 0 saturated carbocycles. The molecule has 0 spiro atoms. The highest BCUT2D eigenvalue weighted by atomic mass is 127. The highest BCUT2D eigenvalue weighted by Crippen LogP contribution is 2.13. The molecule has 1 saturated heterocycles. The largest absolute Gasteiger partial charge is 0.481 e. The maximum atomic E-state index is 12.1. The van der Waals surface area contributed by atoms with Gasteiger partial charge in [0, 0.05) is 50.9 Å². The molecule has 1 fully saturated rings. The SMILES string of the molecule is CN=C(NCc1ccnc(OC)c1)NC1CCN(C(=O)C(C)C)C1.I. The minimum absolute atomic E-state index is 0. The van der Waals surface area contributed by atoms with Crippen molar-refractivity contribution in [2.45, 2.75) is 32.9 Å². The molecule has 1 aromatic heterocycles. The number of guanidine groups is 1. The zero-order valence-electron chi connectivity index (χ0n) is 15.3. The van der Waals surface area contributed by atoms with Crippen LogP contribution in [0.25, 0.3) is 0 Å². The number of halogens is 1. The number of methoxy groups -OCH3 is 1. The highest BCUT2D eigenvalue weighted by Gasteiger charge is 2.27. The third-order valence-corrected chi connectivity index (χ3v) is 4.03. The van der Waals surface area contributed by atoms with Gasteiger partial charge in [-0.25, -0.2) is 4.98 Å². The summed E-state index contributed by atoms with van der Waals surface area (Å²) in [5.74, 6) is 1.58. The average Bonchev–Trinajstić information content (AvgIpc) is 3.06. The first-order valence-corrected chi connectivity index (χ1v) is 8.28. The molecule has 1 aromatic rings. The summed E-state index contributed by atoms with van der Waals surface area (Å²) in [7, 11) is 3.35. The Bertz CT molecular complexity index is 594. The van der Waals surface area contributed by atoms with E-state index in [1.165, 1.54) is 0 Å². The van der Waals surface area contributed by atoms with Gasteiger partial charge < -0.3 is 20.3 Å². The second kappa shape index (κ2) is 10.4. The molecular formula is C17H28IN5O2. The summed E-state index contributed by atoms with van der Waals surface area (Å²) in [6.45, 7) is 6.02. The van der Waals surface area contributed by atoms with E-state index in [2.05, 4.69) is 20.6 Å². The Morgan fingerprint density at radius 1 is 1.52 bits per heavy atom. The van der Waals surface area contributed by atoms with Gasteiger partial charge in [-0.3, -0.25) is 9.79 Å². The third-order valence-electron chi connectivity index (χ3n) is 4.03. The van der Waals surface area contributed by atoms with Crippen LogP contribution in [0, 0.1) is 5.92 Å². The van der Waals surface area contributed by atoms with Crippen LogP contribution in [0.4, 0.5) is 0 Å². The highest BCUT2D eigenvalue weighted by molar-refractivity contribution is 14.0. The van der Waals surface area contributed by atoms with Crippen LogP contribution in [0.5, 0.6) is 5.88 Å². The summed E-state index contributed by atoms with van der Waals surface area (Å²) in [6.07, 6.45) is 2.65. The molecule has 140 valence electrons. The molecule has 1 atom stereocenters. The molecule has 2 rings (SSSR count). The predicted molar refractivity (Wildman–Crippen MR) is 109 cm³/mol. The van der Waals surface area contributed by atoms with E-state index < -0.39 is 0 Å². The predicted octanol–water partition coefficient (Wildman–Crippen LogP) is 1.63. The van der Waals surface area contributed by atoms with Crippen LogP contribution in [0.15, 0.2) is 23.3 Å². The Morgan fingerprint density at radius 2 is 2.28 bits per heavy atom. The number of carbonyl (C=O) groups excluding carboxylic acids is 1. The zero-order valence-corrected chi connectivity index (χ0v) is 17.6. The van der Waals surface area contributed by atoms with E-state index in [1.54, 1.807) is 20.4 Å². The lowest BCUT2D eigenvalue weighted by molar-refractivity contribution is -0.133. The van der Waals surface area contributed by atoms with Gasteiger partial charge in [-0.2, -0.15) is 0 Å². The van der Waals surface area contributed by atoms with E-state index in [0.29, 0.717) is 12.4 Å². The molecule has 2 heterocycles. The second-order valence-electron chi connectivity index (χ2n) is 6.20. The lowest BCUT2D eigenvalue weighted by Gasteiger charge is -2.20. The molecule has 8 heteroatoms. The molecule has 0 aliphatic carbocycles. The number of hydrogen-bond donors (Lipinski definition) is 2. The number of rotatable bonds is 5. The Hall–Kier alpha value is -1.58. The summed E-state index contributed by atoms with van der Waals surface area (Å²) in [6, 6.07) is 4.05. The van der Waals surface area contributed by atoms with Gasteiger partial charge in [-0.1, -0.05) is 13.8 Å². The standard InChI is InChI=1S/C17H27N5O2.HI/c1-12(2)16(23)22-8-6-14(11-22)21-17(18-3)20-10-13-5-7-19-15(9-13)24-4;/h5,7,9,12,14H,6,8,10-11H2,1-4H3,(H2,18,20,21);1H. The zero-order chi connectivity index (χ0) is 17.5. The molecular weight excluding hydrogens is 433 g/mol. The minimum atomic E-state index is 0. The van der Waals surface area contributed by atoms with Crippen molar-refractivity contribution in [2.24, 2.45) is 10.9 Å². The fourth-order valence-electron chi connectivity index (χ4n) is 2.69. The van der Waals surface area contributed by atoms with E-state index in [9.17, 15) is 4.79 Å². The van der Waals surface area contributed by atoms with Crippen LogP contribution < -0.4 is 15.4 Å². The molecule has 1 unspecified atom stereocenters. The Labute approximate surface area is 166 Å². The smallest absolute Gasteiger partial charge is 0.225 e. The first-order valence-electron chi connectivity index (χ1n) is 8.28. The molecule has 0 radical (unpaired) electrons. The van der Waals surface area contributed by atoms with Crippen LogP contribution in [0.1, 0.15) is 25.8 Å². The molecule has 7 nitrogen and oxygen atoms in total. The summed E-state index contributed by atoms with van der Waals surface area (Å²) in [5, 5.41) is 6.67. The van der Waals surface area contributed by atoms with Crippen molar-refractivity contribution in [1.82, 2.24) is 20.5 Å². The minimum Gasteiger partial charge on any atom is -0.481 e. The molecule has 1 aliphatic rings. The van der Waals surface area contributed by atoms with Crippen molar-refractivity contribution >= 4 is 35.8 Å². The molecule has 1 amide bonds. The maximum Gasteiger partial charge on any atom is 0.225 e. The molecule has 0 aromatic carbocycles. The average molecular weight is 461 g/mol. The number of amides is 1. The van der Waals surface area contributed by atoms with Crippen LogP contribution in [0.3, 0.4) is 0 Å². The van der Waals surface area contributed by atoms with Crippen LogP contribution in [-0.4, -0.2) is 55.0 Å². The van der Waals surface area contributed by atoms with Crippen molar-refractivity contribution in [3.63, 3.8) is 0 Å². The molecule has 1 aliphatic heterocycles. The Balaban J connectivity index is 0.00000312. The number of nitrogens with zero attached hydrogens (tertiary/aromatic N) is 3. The monoisotopic (exact) mass is 461 g/mol. The van der Waals surface area contributed by atoms with Gasteiger partial charge in [-0.15, -0.1) is 24.0 Å². The van der Waals surface area contributed by atoms with Crippen LogP contribution >= 0.6 is 24.0 Å². The van der Waals surface area contributed by atoms with Crippen molar-refractivity contribution in [3.05, 3.63) is 23.9 Å². The third kappa shape index (κ3) is 6.33. The number of hydrogen-bond acceptors (Lipinski definition) is 4. The van der Waals surface area contributed by atoms with Gasteiger partial charge in [0.05, 0.1) is 7.11 Å². The fraction of sp³-hybridized carbons (Fsp3) is 0.588. The number of carbonyl (C=O) groups is 1. The van der Waals surface area contributed by atoms with E-state index in [0.717, 1.165) is 31.0 Å². The number of aliphatic imine (C=N–C) groups is 1. The van der Waals surface area contributed by atoms with Crippen molar-refractivity contribution in [2.75, 3.05) is 27.2 Å². The van der Waals surface area contributed by atoms with Gasteiger partial charge in [-0.05, 0) is 18.1 Å². The normalized spacial score (nSPS) is 17.2. The number of ether oxygens (including phenoxy) is 1. The number of pyridine rings is 1. The first kappa shape index (κ1) is 21.5. The summed E-state index contributed by atoms with van der Waals surface area (Å²) >= 11 is 0. The van der Waals surface area contributed by atoms with Crippen LogP contribution in [-0.2, 0) is 11.3 Å². The first-order chi connectivity index (χ1) is 11.5. The number of likely N-dealkylation sites (tertiary alicyclic amines) is 1. The lowest BCUT2D eigenvalue weighted by atomic mass is 10.2. The molecule has 0 bridgehead atoms. The second-order valence-corrected chi connectivity index (χ2v) is 6.20. The molecule has 2 N–H and O–H groups in total. The van der Waals surface area contributed by atoms with Crippen molar-refractivity contribution in [1.29, 1.82) is 0 Å². The van der Waals surface area contributed by atoms with E-state index in [1.807, 2.05) is 30.9 Å². The van der Waals surface area contributed by atoms with Gasteiger partial charge in [0.1, 0.15) is 0 Å². The van der Waals surface area contributed by atoms with Crippen LogP contribution in [0.2, 0.25) is 0 Å². The van der Waals surface area contributed by atoms with E-state index in [4.69, 9.17) is 4.74 Å². The summed E-state index contributed by atoms with van der Waals surface area (Å²) < 4.78 is 5.13. The van der Waals surface area contributed by atoms with Gasteiger partial charge in [0.25, 0.3) is 0 Å². The maximum absolute atomic E-state index is 12.1. The van der Waals surface area contributed by atoms with Gasteiger partial charge in [0.2, 0.25) is 11.8 Å². The van der Waals surface area contributed by atoms with Gasteiger partial charge in [0.15, 0.2) is 5.96 Å². The summed E-state index contributed by atoms with van der Waals surface area (Å²) in [4.78, 5) is 22.3.